The number of unbranched alkanes of at least 4 members (excludes halogenated alkanes) is 20. The van der Waals surface area contributed by atoms with Gasteiger partial charge < -0.3 is 11.5 Å². The molecule has 4 N–H and O–H groups in total. The molecule has 0 atom stereocenters. The van der Waals surface area contributed by atoms with E-state index in [0.29, 0.717) is 12.8 Å². The van der Waals surface area contributed by atoms with Crippen molar-refractivity contribution in [2.24, 2.45) is 17.4 Å². The molecule has 0 saturated heterocycles. The van der Waals surface area contributed by atoms with Crippen LogP contribution in [0, 0.1) is 5.92 Å². The van der Waals surface area contributed by atoms with Crippen LogP contribution in [0.3, 0.4) is 0 Å². The molecule has 2 amide bonds. The van der Waals surface area contributed by atoms with Gasteiger partial charge in [0.05, 0.1) is 0 Å². The molecule has 0 aromatic heterocycles. The lowest BCUT2D eigenvalue weighted by Gasteiger charge is -2.14. The van der Waals surface area contributed by atoms with Gasteiger partial charge in [0.2, 0.25) is 11.8 Å². The van der Waals surface area contributed by atoms with Crippen molar-refractivity contribution in [2.45, 2.75) is 180 Å². The molecule has 4 heteroatoms. The molecule has 0 aliphatic heterocycles. The Hall–Kier alpha value is -1.06. The van der Waals surface area contributed by atoms with Crippen LogP contribution >= 0.6 is 0 Å². The van der Waals surface area contributed by atoms with Crippen LogP contribution in [0.15, 0.2) is 0 Å². The number of amides is 2. The van der Waals surface area contributed by atoms with Crippen LogP contribution in [0.4, 0.5) is 0 Å². The van der Waals surface area contributed by atoms with Crippen molar-refractivity contribution in [2.75, 3.05) is 0 Å². The second-order valence-electron chi connectivity index (χ2n) is 11.1. The molecular formula is C31H62N2O2. The lowest BCUT2D eigenvalue weighted by atomic mass is 9.92. The van der Waals surface area contributed by atoms with E-state index in [1.165, 1.54) is 135 Å². The van der Waals surface area contributed by atoms with Gasteiger partial charge in [0.1, 0.15) is 0 Å². The summed E-state index contributed by atoms with van der Waals surface area (Å²) >= 11 is 0. The van der Waals surface area contributed by atoms with Crippen LogP contribution in [-0.4, -0.2) is 11.8 Å². The van der Waals surface area contributed by atoms with Gasteiger partial charge >= 0.3 is 0 Å². The van der Waals surface area contributed by atoms with E-state index in [4.69, 9.17) is 11.5 Å². The van der Waals surface area contributed by atoms with Crippen LogP contribution in [0.5, 0.6) is 0 Å². The second-order valence-corrected chi connectivity index (χ2v) is 11.1. The molecule has 0 unspecified atom stereocenters. The first kappa shape index (κ1) is 33.9. The third kappa shape index (κ3) is 29.1. The first-order chi connectivity index (χ1) is 17.1. The van der Waals surface area contributed by atoms with E-state index >= 15 is 0 Å². The third-order valence-electron chi connectivity index (χ3n) is 7.65. The number of rotatable bonds is 29. The quantitative estimate of drug-likeness (QED) is 0.102. The Morgan fingerprint density at radius 1 is 0.429 bits per heavy atom. The molecule has 0 aliphatic carbocycles. The van der Waals surface area contributed by atoms with Crippen LogP contribution in [0.2, 0.25) is 0 Å². The van der Waals surface area contributed by atoms with Crippen LogP contribution in [0.1, 0.15) is 180 Å². The second kappa shape index (κ2) is 27.5. The van der Waals surface area contributed by atoms with E-state index < -0.39 is 0 Å². The predicted molar refractivity (Wildman–Crippen MR) is 152 cm³/mol. The third-order valence-corrected chi connectivity index (χ3v) is 7.65. The summed E-state index contributed by atoms with van der Waals surface area (Å²) in [5.41, 5.74) is 10.3. The normalized spacial score (nSPS) is 11.4. The van der Waals surface area contributed by atoms with Gasteiger partial charge in [-0.25, -0.2) is 0 Å². The predicted octanol–water partition coefficient (Wildman–Crippen LogP) is 9.13. The highest BCUT2D eigenvalue weighted by molar-refractivity contribution is 5.73. The average molecular weight is 495 g/mol. The van der Waals surface area contributed by atoms with E-state index in [1.807, 2.05) is 0 Å². The maximum absolute atomic E-state index is 10.7. The first-order valence-corrected chi connectivity index (χ1v) is 15.6. The van der Waals surface area contributed by atoms with Gasteiger partial charge in [0.25, 0.3) is 0 Å². The Kier molecular flexibility index (Phi) is 26.7. The van der Waals surface area contributed by atoms with Crippen molar-refractivity contribution >= 4 is 11.8 Å². The summed E-state index contributed by atoms with van der Waals surface area (Å²) < 4.78 is 0. The highest BCUT2D eigenvalue weighted by Gasteiger charge is 2.06. The minimum absolute atomic E-state index is 0.157. The largest absolute Gasteiger partial charge is 0.370 e. The summed E-state index contributed by atoms with van der Waals surface area (Å²) in [5.74, 6) is 0.644. The Morgan fingerprint density at radius 2 is 0.657 bits per heavy atom. The molecule has 0 radical (unpaired) electrons. The minimum atomic E-state index is -0.157. The molecule has 208 valence electrons. The number of hydrogen-bond acceptors (Lipinski definition) is 2. The number of carbonyl (C=O) groups excluding carboxylic acids is 2. The fourth-order valence-corrected chi connectivity index (χ4v) is 5.20. The fraction of sp³-hybridized carbons (Fsp3) is 0.935. The molecule has 0 aliphatic rings. The van der Waals surface area contributed by atoms with E-state index in [-0.39, 0.29) is 11.8 Å². The molecule has 0 bridgehead atoms. The molecule has 4 nitrogen and oxygen atoms in total. The summed E-state index contributed by atoms with van der Waals surface area (Å²) in [4.78, 5) is 21.4. The minimum Gasteiger partial charge on any atom is -0.370 e. The Balaban J connectivity index is 3.29. The highest BCUT2D eigenvalue weighted by atomic mass is 16.1. The van der Waals surface area contributed by atoms with Crippen LogP contribution < -0.4 is 11.5 Å². The average Bonchev–Trinajstić information content (AvgIpc) is 2.83. The highest BCUT2D eigenvalue weighted by Crippen LogP contribution is 2.22. The summed E-state index contributed by atoms with van der Waals surface area (Å²) in [6, 6.07) is 0. The number of carbonyl (C=O) groups is 2. The lowest BCUT2D eigenvalue weighted by Crippen LogP contribution is -2.09. The van der Waals surface area contributed by atoms with E-state index in [0.717, 1.165) is 31.6 Å². The first-order valence-electron chi connectivity index (χ1n) is 15.6. The number of primary amides is 2. The molecule has 0 fully saturated rings. The van der Waals surface area contributed by atoms with Crippen LogP contribution in [-0.2, 0) is 9.59 Å². The van der Waals surface area contributed by atoms with Crippen molar-refractivity contribution in [3.05, 3.63) is 0 Å². The van der Waals surface area contributed by atoms with E-state index in [1.54, 1.807) is 0 Å². The zero-order chi connectivity index (χ0) is 25.8. The molecular weight excluding hydrogens is 432 g/mol. The van der Waals surface area contributed by atoms with Crippen molar-refractivity contribution in [3.63, 3.8) is 0 Å². The Bertz CT molecular complexity index is 427. The van der Waals surface area contributed by atoms with Crippen molar-refractivity contribution in [1.82, 2.24) is 0 Å². The number of nitrogens with two attached hydrogens (primary N) is 2. The zero-order valence-electron chi connectivity index (χ0n) is 23.6. The van der Waals surface area contributed by atoms with Gasteiger partial charge in [0.15, 0.2) is 0 Å². The molecule has 0 rings (SSSR count). The maximum Gasteiger partial charge on any atom is 0.217 e. The standard InChI is InChI=1S/C31H62N2O2/c1-2-29(25-21-17-13-9-5-3-7-11-15-19-23-27-30(32)34)26-22-18-14-10-6-4-8-12-16-20-24-28-31(33)35/h29H,2-28H2,1H3,(H2,32,34)(H2,33,35). The smallest absolute Gasteiger partial charge is 0.217 e. The molecule has 0 saturated carbocycles. The van der Waals surface area contributed by atoms with Gasteiger partial charge in [0, 0.05) is 12.8 Å². The Morgan fingerprint density at radius 3 is 0.886 bits per heavy atom. The topological polar surface area (TPSA) is 86.2 Å². The van der Waals surface area contributed by atoms with E-state index in [2.05, 4.69) is 6.92 Å². The fourth-order valence-electron chi connectivity index (χ4n) is 5.20. The van der Waals surface area contributed by atoms with Crippen molar-refractivity contribution in [3.8, 4) is 0 Å². The zero-order valence-corrected chi connectivity index (χ0v) is 23.6. The van der Waals surface area contributed by atoms with E-state index in [9.17, 15) is 9.59 Å². The lowest BCUT2D eigenvalue weighted by molar-refractivity contribution is -0.119. The summed E-state index contributed by atoms with van der Waals surface area (Å²) in [6.07, 6.45) is 34.4. The molecule has 0 heterocycles. The van der Waals surface area contributed by atoms with Gasteiger partial charge in [-0.1, -0.05) is 155 Å². The van der Waals surface area contributed by atoms with Gasteiger partial charge in [-0.15, -0.1) is 0 Å². The summed E-state index contributed by atoms with van der Waals surface area (Å²) in [6.45, 7) is 2.38. The maximum atomic E-state index is 10.7. The van der Waals surface area contributed by atoms with Gasteiger partial charge in [-0.05, 0) is 18.8 Å². The van der Waals surface area contributed by atoms with Gasteiger partial charge in [-0.2, -0.15) is 0 Å². The van der Waals surface area contributed by atoms with Gasteiger partial charge in [-0.3, -0.25) is 9.59 Å². The molecule has 0 aromatic carbocycles. The summed E-state index contributed by atoms with van der Waals surface area (Å²) in [5, 5.41) is 0. The SMILES string of the molecule is CCC(CCCCCCCCCCCCCC(N)=O)CCCCCCCCCCCCCC(N)=O. The van der Waals surface area contributed by atoms with Crippen molar-refractivity contribution < 1.29 is 9.59 Å². The molecule has 0 aromatic rings. The Labute approximate surface area is 219 Å². The summed E-state index contributed by atoms with van der Waals surface area (Å²) in [7, 11) is 0. The van der Waals surface area contributed by atoms with Crippen LogP contribution in [0.25, 0.3) is 0 Å². The van der Waals surface area contributed by atoms with Crippen molar-refractivity contribution in [1.29, 1.82) is 0 Å². The molecule has 0 spiro atoms. The monoisotopic (exact) mass is 494 g/mol. The number of hydrogen-bond donors (Lipinski definition) is 2. The molecule has 35 heavy (non-hydrogen) atoms.